The molecule has 2 aromatic carbocycles. The maximum absolute atomic E-state index is 8.68. The van der Waals surface area contributed by atoms with E-state index >= 15 is 0 Å². The summed E-state index contributed by atoms with van der Waals surface area (Å²) in [7, 11) is 0. The number of benzene rings is 2. The van der Waals surface area contributed by atoms with Gasteiger partial charge in [-0.05, 0) is 35.9 Å². The molecule has 0 aliphatic heterocycles. The molecular formula is C16H12Cl2O2. The second kappa shape index (κ2) is 7.21. The molecule has 0 spiro atoms. The van der Waals surface area contributed by atoms with Gasteiger partial charge in [0.2, 0.25) is 0 Å². The molecule has 0 heterocycles. The van der Waals surface area contributed by atoms with E-state index in [0.717, 1.165) is 11.1 Å². The summed E-state index contributed by atoms with van der Waals surface area (Å²) in [5, 5.41) is 9.75. The third kappa shape index (κ3) is 4.47. The standard InChI is InChI=1S/C16H12Cl2O2/c17-14-8-15(18)10-16(9-14)20-11-13-4-1-3-12(7-13)5-2-6-19/h1,3-4,7-10,19H,6,11H2. The Balaban J connectivity index is 2.07. The first kappa shape index (κ1) is 14.7. The third-order valence-corrected chi connectivity index (χ3v) is 2.92. The summed E-state index contributed by atoms with van der Waals surface area (Å²) in [4.78, 5) is 0. The van der Waals surface area contributed by atoms with Crippen LogP contribution >= 0.6 is 23.2 Å². The largest absolute Gasteiger partial charge is 0.489 e. The molecule has 4 heteroatoms. The molecule has 0 aliphatic carbocycles. The lowest BCUT2D eigenvalue weighted by Crippen LogP contribution is -1.96. The number of rotatable bonds is 3. The Kier molecular flexibility index (Phi) is 5.31. The van der Waals surface area contributed by atoms with E-state index in [-0.39, 0.29) is 6.61 Å². The molecule has 2 nitrogen and oxygen atoms in total. The monoisotopic (exact) mass is 306 g/mol. The summed E-state index contributed by atoms with van der Waals surface area (Å²) in [6, 6.07) is 12.7. The lowest BCUT2D eigenvalue weighted by atomic mass is 10.1. The minimum absolute atomic E-state index is 0.151. The summed E-state index contributed by atoms with van der Waals surface area (Å²) >= 11 is 11.8. The molecule has 0 saturated heterocycles. The Hall–Kier alpha value is -1.66. The van der Waals surface area contributed by atoms with E-state index in [1.807, 2.05) is 24.3 Å². The summed E-state index contributed by atoms with van der Waals surface area (Å²) in [6.07, 6.45) is 0. The first-order valence-corrected chi connectivity index (χ1v) is 6.70. The molecule has 0 amide bonds. The highest BCUT2D eigenvalue weighted by molar-refractivity contribution is 6.34. The Morgan fingerprint density at radius 3 is 2.50 bits per heavy atom. The number of aliphatic hydroxyl groups excluding tert-OH is 1. The Morgan fingerprint density at radius 1 is 1.05 bits per heavy atom. The summed E-state index contributed by atoms with van der Waals surface area (Å²) in [5.41, 5.74) is 1.81. The van der Waals surface area contributed by atoms with Gasteiger partial charge in [0.1, 0.15) is 19.0 Å². The third-order valence-electron chi connectivity index (χ3n) is 2.48. The average Bonchev–Trinajstić information content (AvgIpc) is 2.42. The number of aliphatic hydroxyl groups is 1. The maximum Gasteiger partial charge on any atom is 0.122 e. The highest BCUT2D eigenvalue weighted by Crippen LogP contribution is 2.24. The molecule has 0 aromatic heterocycles. The summed E-state index contributed by atoms with van der Waals surface area (Å²) in [5.74, 6) is 6.08. The highest BCUT2D eigenvalue weighted by Gasteiger charge is 2.00. The molecule has 20 heavy (non-hydrogen) atoms. The maximum atomic E-state index is 8.68. The Labute approximate surface area is 127 Å². The molecule has 102 valence electrons. The van der Waals surface area contributed by atoms with Gasteiger partial charge in [-0.1, -0.05) is 47.2 Å². The first-order chi connectivity index (χ1) is 9.67. The van der Waals surface area contributed by atoms with Gasteiger partial charge in [-0.25, -0.2) is 0 Å². The van der Waals surface area contributed by atoms with E-state index in [1.54, 1.807) is 18.2 Å². The predicted octanol–water partition coefficient (Wildman–Crippen LogP) is 3.92. The molecule has 0 radical (unpaired) electrons. The minimum atomic E-state index is -0.151. The van der Waals surface area contributed by atoms with Crippen molar-refractivity contribution in [2.75, 3.05) is 6.61 Å². The van der Waals surface area contributed by atoms with Crippen LogP contribution in [0.5, 0.6) is 5.75 Å². The van der Waals surface area contributed by atoms with Crippen LogP contribution in [-0.2, 0) is 6.61 Å². The molecule has 2 rings (SSSR count). The van der Waals surface area contributed by atoms with Crippen molar-refractivity contribution >= 4 is 23.2 Å². The van der Waals surface area contributed by atoms with Gasteiger partial charge in [0.25, 0.3) is 0 Å². The predicted molar refractivity (Wildman–Crippen MR) is 81.2 cm³/mol. The van der Waals surface area contributed by atoms with Crippen LogP contribution in [0, 0.1) is 11.8 Å². The fourth-order valence-corrected chi connectivity index (χ4v) is 2.17. The van der Waals surface area contributed by atoms with Gasteiger partial charge in [0, 0.05) is 15.6 Å². The Bertz CT molecular complexity index is 637. The summed E-state index contributed by atoms with van der Waals surface area (Å²) < 4.78 is 5.65. The zero-order chi connectivity index (χ0) is 14.4. The normalized spacial score (nSPS) is 9.75. The topological polar surface area (TPSA) is 29.5 Å². The number of hydrogen-bond acceptors (Lipinski definition) is 2. The van der Waals surface area contributed by atoms with Gasteiger partial charge < -0.3 is 9.84 Å². The number of hydrogen-bond donors (Lipinski definition) is 1. The molecule has 0 atom stereocenters. The van der Waals surface area contributed by atoms with E-state index in [0.29, 0.717) is 22.4 Å². The zero-order valence-corrected chi connectivity index (χ0v) is 12.1. The van der Waals surface area contributed by atoms with Gasteiger partial charge >= 0.3 is 0 Å². The highest BCUT2D eigenvalue weighted by atomic mass is 35.5. The van der Waals surface area contributed by atoms with Crippen molar-refractivity contribution in [1.29, 1.82) is 0 Å². The fraction of sp³-hybridized carbons (Fsp3) is 0.125. The van der Waals surface area contributed by atoms with Crippen molar-refractivity contribution in [2.24, 2.45) is 0 Å². The lowest BCUT2D eigenvalue weighted by Gasteiger charge is -2.07. The van der Waals surface area contributed by atoms with Crippen LogP contribution in [0.15, 0.2) is 42.5 Å². The average molecular weight is 307 g/mol. The van der Waals surface area contributed by atoms with Crippen LogP contribution in [0.1, 0.15) is 11.1 Å². The van der Waals surface area contributed by atoms with E-state index in [2.05, 4.69) is 11.8 Å². The molecule has 0 bridgehead atoms. The van der Waals surface area contributed by atoms with Crippen molar-refractivity contribution in [1.82, 2.24) is 0 Å². The molecule has 0 saturated carbocycles. The first-order valence-electron chi connectivity index (χ1n) is 5.95. The smallest absolute Gasteiger partial charge is 0.122 e. The zero-order valence-electron chi connectivity index (χ0n) is 10.6. The van der Waals surface area contributed by atoms with Crippen molar-refractivity contribution in [3.05, 3.63) is 63.6 Å². The van der Waals surface area contributed by atoms with Crippen LogP contribution in [-0.4, -0.2) is 11.7 Å². The van der Waals surface area contributed by atoms with Crippen LogP contribution in [0.3, 0.4) is 0 Å². The van der Waals surface area contributed by atoms with Gasteiger partial charge in [-0.15, -0.1) is 0 Å². The SMILES string of the molecule is OCC#Cc1cccc(COc2cc(Cl)cc(Cl)c2)c1. The van der Waals surface area contributed by atoms with Gasteiger partial charge in [0.15, 0.2) is 0 Å². The summed E-state index contributed by atoms with van der Waals surface area (Å²) in [6.45, 7) is 0.243. The van der Waals surface area contributed by atoms with Gasteiger partial charge in [0.05, 0.1) is 0 Å². The van der Waals surface area contributed by atoms with Crippen LogP contribution in [0.4, 0.5) is 0 Å². The van der Waals surface area contributed by atoms with E-state index in [1.165, 1.54) is 0 Å². The molecule has 0 fully saturated rings. The van der Waals surface area contributed by atoms with Crippen molar-refractivity contribution in [2.45, 2.75) is 6.61 Å². The molecule has 0 unspecified atom stereocenters. The van der Waals surface area contributed by atoms with E-state index in [9.17, 15) is 0 Å². The Morgan fingerprint density at radius 2 is 1.80 bits per heavy atom. The second-order valence-corrected chi connectivity index (χ2v) is 4.93. The van der Waals surface area contributed by atoms with Crippen LogP contribution < -0.4 is 4.74 Å². The fourth-order valence-electron chi connectivity index (χ4n) is 1.66. The van der Waals surface area contributed by atoms with Gasteiger partial charge in [-0.2, -0.15) is 0 Å². The van der Waals surface area contributed by atoms with E-state index < -0.39 is 0 Å². The molecule has 1 N–H and O–H groups in total. The van der Waals surface area contributed by atoms with E-state index in [4.69, 9.17) is 33.0 Å². The van der Waals surface area contributed by atoms with Crippen molar-refractivity contribution < 1.29 is 9.84 Å². The van der Waals surface area contributed by atoms with Crippen molar-refractivity contribution in [3.8, 4) is 17.6 Å². The quantitative estimate of drug-likeness (QED) is 0.871. The molecule has 2 aromatic rings. The lowest BCUT2D eigenvalue weighted by molar-refractivity contribution is 0.306. The second-order valence-electron chi connectivity index (χ2n) is 4.05. The minimum Gasteiger partial charge on any atom is -0.489 e. The van der Waals surface area contributed by atoms with Crippen molar-refractivity contribution in [3.63, 3.8) is 0 Å². The molecule has 0 aliphatic rings. The number of ether oxygens (including phenoxy) is 1. The molecular weight excluding hydrogens is 295 g/mol. The number of halogens is 2. The van der Waals surface area contributed by atoms with Crippen LogP contribution in [0.25, 0.3) is 0 Å². The van der Waals surface area contributed by atoms with Crippen LogP contribution in [0.2, 0.25) is 10.0 Å². The van der Waals surface area contributed by atoms with Gasteiger partial charge in [-0.3, -0.25) is 0 Å².